The van der Waals surface area contributed by atoms with Crippen LogP contribution in [0.3, 0.4) is 0 Å². The minimum Gasteiger partial charge on any atom is -0.463 e. The molecular weight excluding hydrogens is 317 g/mol. The van der Waals surface area contributed by atoms with Crippen LogP contribution in [0.15, 0.2) is 57.0 Å². The maximum atomic E-state index is 13.6. The number of thioether (sulfide) groups is 1. The molecule has 0 amide bonds. The molecule has 2 heterocycles. The Balaban J connectivity index is 1.94. The smallest absolute Gasteiger partial charge is 0.270 e. The molecule has 114 valence electrons. The largest absolute Gasteiger partial charge is 0.463 e. The standard InChI is InChI=1S/C16H10FN3O2S/c17-12-5-2-1-4-10(12)9-23-16-19-14(13-6-3-7-22-13)11(8-18)15(21)20-16/h1-7H,9H2,(H,19,20,21). The van der Waals surface area contributed by atoms with Crippen LogP contribution in [0.25, 0.3) is 11.5 Å². The molecule has 1 N–H and O–H groups in total. The van der Waals surface area contributed by atoms with Crippen molar-refractivity contribution in [3.8, 4) is 17.5 Å². The van der Waals surface area contributed by atoms with Crippen molar-refractivity contribution in [2.24, 2.45) is 0 Å². The Morgan fingerprint density at radius 3 is 2.83 bits per heavy atom. The quantitative estimate of drug-likeness (QED) is 0.587. The first-order chi connectivity index (χ1) is 11.2. The van der Waals surface area contributed by atoms with Gasteiger partial charge in [0.2, 0.25) is 0 Å². The number of nitriles is 1. The second-order valence-electron chi connectivity index (χ2n) is 4.56. The lowest BCUT2D eigenvalue weighted by molar-refractivity contribution is 0.578. The predicted molar refractivity (Wildman–Crippen MR) is 83.2 cm³/mol. The number of furan rings is 1. The van der Waals surface area contributed by atoms with E-state index >= 15 is 0 Å². The van der Waals surface area contributed by atoms with E-state index in [0.29, 0.717) is 22.2 Å². The summed E-state index contributed by atoms with van der Waals surface area (Å²) in [6, 6.07) is 11.5. The summed E-state index contributed by atoms with van der Waals surface area (Å²) < 4.78 is 18.8. The molecule has 3 aromatic rings. The molecule has 0 spiro atoms. The first-order valence-corrected chi connectivity index (χ1v) is 7.62. The van der Waals surface area contributed by atoms with Crippen LogP contribution in [0.1, 0.15) is 11.1 Å². The fourth-order valence-corrected chi connectivity index (χ4v) is 2.82. The Morgan fingerprint density at radius 2 is 2.13 bits per heavy atom. The Hall–Kier alpha value is -2.85. The van der Waals surface area contributed by atoms with E-state index in [9.17, 15) is 9.18 Å². The number of rotatable bonds is 4. The van der Waals surface area contributed by atoms with Gasteiger partial charge >= 0.3 is 0 Å². The molecule has 0 bridgehead atoms. The lowest BCUT2D eigenvalue weighted by atomic mass is 10.2. The molecule has 0 aliphatic rings. The maximum Gasteiger partial charge on any atom is 0.270 e. The lowest BCUT2D eigenvalue weighted by Crippen LogP contribution is -2.14. The van der Waals surface area contributed by atoms with Gasteiger partial charge in [0.15, 0.2) is 10.9 Å². The number of benzene rings is 1. The summed E-state index contributed by atoms with van der Waals surface area (Å²) in [7, 11) is 0. The van der Waals surface area contributed by atoms with Gasteiger partial charge in [0.05, 0.1) is 6.26 Å². The molecule has 0 unspecified atom stereocenters. The number of hydrogen-bond donors (Lipinski definition) is 1. The summed E-state index contributed by atoms with van der Waals surface area (Å²) in [5, 5.41) is 9.42. The van der Waals surface area contributed by atoms with Crippen LogP contribution in [0, 0.1) is 17.1 Å². The van der Waals surface area contributed by atoms with Crippen molar-refractivity contribution in [1.29, 1.82) is 5.26 Å². The van der Waals surface area contributed by atoms with E-state index < -0.39 is 5.56 Å². The molecule has 0 saturated carbocycles. The van der Waals surface area contributed by atoms with E-state index in [1.807, 2.05) is 6.07 Å². The lowest BCUT2D eigenvalue weighted by Gasteiger charge is -2.05. The molecule has 0 atom stereocenters. The summed E-state index contributed by atoms with van der Waals surface area (Å²) in [6.07, 6.45) is 1.44. The van der Waals surface area contributed by atoms with Crippen molar-refractivity contribution in [1.82, 2.24) is 9.97 Å². The molecule has 3 rings (SSSR count). The van der Waals surface area contributed by atoms with Crippen molar-refractivity contribution >= 4 is 11.8 Å². The van der Waals surface area contributed by atoms with Gasteiger partial charge in [-0.15, -0.1) is 0 Å². The molecule has 1 aromatic carbocycles. The Labute approximate surface area is 134 Å². The minimum atomic E-state index is -0.551. The first kappa shape index (κ1) is 15.1. The van der Waals surface area contributed by atoms with Gasteiger partial charge in [0.25, 0.3) is 5.56 Å². The van der Waals surface area contributed by atoms with E-state index in [0.717, 1.165) is 0 Å². The van der Waals surface area contributed by atoms with Gasteiger partial charge in [-0.25, -0.2) is 9.37 Å². The summed E-state index contributed by atoms with van der Waals surface area (Å²) >= 11 is 1.17. The van der Waals surface area contributed by atoms with E-state index in [1.54, 1.807) is 30.3 Å². The fourth-order valence-electron chi connectivity index (χ4n) is 1.98. The average Bonchev–Trinajstić information content (AvgIpc) is 3.08. The van der Waals surface area contributed by atoms with Gasteiger partial charge < -0.3 is 9.40 Å². The summed E-state index contributed by atoms with van der Waals surface area (Å²) in [6.45, 7) is 0. The third-order valence-electron chi connectivity index (χ3n) is 3.09. The molecule has 0 saturated heterocycles. The highest BCUT2D eigenvalue weighted by Gasteiger charge is 2.15. The SMILES string of the molecule is N#Cc1c(-c2ccco2)nc(SCc2ccccc2F)[nH]c1=O. The topological polar surface area (TPSA) is 82.7 Å². The van der Waals surface area contributed by atoms with Crippen molar-refractivity contribution in [2.75, 3.05) is 0 Å². The molecule has 0 aliphatic heterocycles. The summed E-state index contributed by atoms with van der Waals surface area (Å²) in [5.74, 6) is 0.321. The van der Waals surface area contributed by atoms with Crippen LogP contribution in [-0.2, 0) is 5.75 Å². The van der Waals surface area contributed by atoms with E-state index in [4.69, 9.17) is 9.68 Å². The van der Waals surface area contributed by atoms with Gasteiger partial charge in [0, 0.05) is 5.75 Å². The highest BCUT2D eigenvalue weighted by atomic mass is 32.2. The molecule has 0 fully saturated rings. The zero-order valence-corrected chi connectivity index (χ0v) is 12.6. The maximum absolute atomic E-state index is 13.6. The number of hydrogen-bond acceptors (Lipinski definition) is 5. The van der Waals surface area contributed by atoms with Crippen molar-refractivity contribution in [2.45, 2.75) is 10.9 Å². The van der Waals surface area contributed by atoms with Crippen molar-refractivity contribution < 1.29 is 8.81 Å². The van der Waals surface area contributed by atoms with Crippen LogP contribution in [0.5, 0.6) is 0 Å². The van der Waals surface area contributed by atoms with Crippen LogP contribution in [-0.4, -0.2) is 9.97 Å². The summed E-state index contributed by atoms with van der Waals surface area (Å²) in [4.78, 5) is 18.8. The molecule has 5 nitrogen and oxygen atoms in total. The van der Waals surface area contributed by atoms with E-state index in [2.05, 4.69) is 9.97 Å². The molecule has 7 heteroatoms. The second-order valence-corrected chi connectivity index (χ2v) is 5.53. The van der Waals surface area contributed by atoms with Gasteiger partial charge in [0.1, 0.15) is 23.1 Å². The minimum absolute atomic E-state index is 0.116. The van der Waals surface area contributed by atoms with Crippen molar-refractivity contribution in [3.05, 3.63) is 70.0 Å². The average molecular weight is 327 g/mol. The number of H-pyrrole nitrogens is 1. The molecule has 2 aromatic heterocycles. The fraction of sp³-hybridized carbons (Fsp3) is 0.0625. The Bertz CT molecular complexity index is 929. The molecular formula is C16H10FN3O2S. The van der Waals surface area contributed by atoms with Gasteiger partial charge in [-0.05, 0) is 23.8 Å². The molecule has 0 aliphatic carbocycles. The number of nitrogens with one attached hydrogen (secondary N) is 1. The normalized spacial score (nSPS) is 10.4. The van der Waals surface area contributed by atoms with E-state index in [1.165, 1.54) is 24.1 Å². The third kappa shape index (κ3) is 3.17. The zero-order chi connectivity index (χ0) is 16.2. The highest BCUT2D eigenvalue weighted by Crippen LogP contribution is 2.24. The van der Waals surface area contributed by atoms with Crippen molar-refractivity contribution in [3.63, 3.8) is 0 Å². The first-order valence-electron chi connectivity index (χ1n) is 6.63. The predicted octanol–water partition coefficient (Wildman–Crippen LogP) is 3.33. The molecule has 23 heavy (non-hydrogen) atoms. The third-order valence-corrected chi connectivity index (χ3v) is 4.01. The number of aromatic nitrogens is 2. The van der Waals surface area contributed by atoms with Crippen LogP contribution >= 0.6 is 11.8 Å². The van der Waals surface area contributed by atoms with Crippen LogP contribution < -0.4 is 5.56 Å². The number of aromatic amines is 1. The summed E-state index contributed by atoms with van der Waals surface area (Å²) in [5.41, 5.74) is 0.0152. The Morgan fingerprint density at radius 1 is 1.30 bits per heavy atom. The monoisotopic (exact) mass is 327 g/mol. The van der Waals surface area contributed by atoms with Gasteiger partial charge in [-0.3, -0.25) is 4.79 Å². The van der Waals surface area contributed by atoms with Crippen LogP contribution in [0.2, 0.25) is 0 Å². The molecule has 0 radical (unpaired) electrons. The second kappa shape index (κ2) is 6.50. The number of nitrogens with zero attached hydrogens (tertiary/aromatic N) is 2. The zero-order valence-electron chi connectivity index (χ0n) is 11.7. The number of halogens is 1. The highest BCUT2D eigenvalue weighted by molar-refractivity contribution is 7.98. The van der Waals surface area contributed by atoms with Gasteiger partial charge in [-0.2, -0.15) is 5.26 Å². The Kier molecular flexibility index (Phi) is 4.26. The van der Waals surface area contributed by atoms with Gasteiger partial charge in [-0.1, -0.05) is 30.0 Å². The van der Waals surface area contributed by atoms with E-state index in [-0.39, 0.29) is 17.1 Å². The van der Waals surface area contributed by atoms with Crippen LogP contribution in [0.4, 0.5) is 4.39 Å².